The summed E-state index contributed by atoms with van der Waals surface area (Å²) in [7, 11) is 0. The Morgan fingerprint density at radius 1 is 1.33 bits per heavy atom. The molecule has 2 rings (SSSR count). The number of alkyl halides is 3. The Kier molecular flexibility index (Phi) is 2.81. The third-order valence-corrected chi connectivity index (χ3v) is 1.97. The minimum absolute atomic E-state index is 0.132. The van der Waals surface area contributed by atoms with Crippen molar-refractivity contribution in [2.45, 2.75) is 13.3 Å². The molecule has 0 fully saturated rings. The van der Waals surface area contributed by atoms with Gasteiger partial charge in [0.25, 0.3) is 0 Å². The van der Waals surface area contributed by atoms with Crippen molar-refractivity contribution in [3.05, 3.63) is 24.0 Å². The van der Waals surface area contributed by atoms with Crippen LogP contribution in [0.4, 0.5) is 18.9 Å². The summed E-state index contributed by atoms with van der Waals surface area (Å²) in [5.41, 5.74) is 5.53. The summed E-state index contributed by atoms with van der Waals surface area (Å²) in [5, 5.41) is 11.1. The van der Waals surface area contributed by atoms with E-state index in [1.54, 1.807) is 6.92 Å². The topological polar surface area (TPSA) is 78.9 Å². The smallest absolute Gasteiger partial charge is 0.404 e. The van der Waals surface area contributed by atoms with E-state index in [-0.39, 0.29) is 11.4 Å². The first-order valence-electron chi connectivity index (χ1n) is 4.77. The largest absolute Gasteiger partial charge is 0.573 e. The average molecular weight is 259 g/mol. The standard InChI is InChI=1S/C9H8F3N5O/c1-5-14-16-17(15-5)6-2-3-7(13)8(4-6)18-9(10,11)12/h2-4H,13H2,1H3. The fraction of sp³-hybridized carbons (Fsp3) is 0.222. The molecule has 0 radical (unpaired) electrons. The number of halogens is 3. The van der Waals surface area contributed by atoms with Crippen LogP contribution in [-0.4, -0.2) is 26.6 Å². The van der Waals surface area contributed by atoms with Crippen LogP contribution in [0.2, 0.25) is 0 Å². The van der Waals surface area contributed by atoms with Gasteiger partial charge in [-0.25, -0.2) is 0 Å². The molecule has 0 aliphatic heterocycles. The van der Waals surface area contributed by atoms with Crippen molar-refractivity contribution in [3.8, 4) is 11.4 Å². The highest BCUT2D eigenvalue weighted by molar-refractivity contribution is 5.57. The number of tetrazole rings is 1. The SMILES string of the molecule is Cc1nnn(-c2ccc(N)c(OC(F)(F)F)c2)n1. The summed E-state index contributed by atoms with van der Waals surface area (Å²) in [4.78, 5) is 1.08. The summed E-state index contributed by atoms with van der Waals surface area (Å²) in [6.07, 6.45) is -4.81. The number of anilines is 1. The number of hydrogen-bond donors (Lipinski definition) is 1. The Hall–Kier alpha value is -2.32. The number of ether oxygens (including phenoxy) is 1. The predicted molar refractivity (Wildman–Crippen MR) is 55.0 cm³/mol. The van der Waals surface area contributed by atoms with Crippen LogP contribution >= 0.6 is 0 Å². The molecule has 1 aromatic carbocycles. The van der Waals surface area contributed by atoms with Crippen LogP contribution in [0, 0.1) is 6.92 Å². The minimum Gasteiger partial charge on any atom is -0.404 e. The van der Waals surface area contributed by atoms with Gasteiger partial charge in [0.15, 0.2) is 11.6 Å². The molecule has 96 valence electrons. The van der Waals surface area contributed by atoms with E-state index in [9.17, 15) is 13.2 Å². The maximum Gasteiger partial charge on any atom is 0.573 e. The van der Waals surface area contributed by atoms with E-state index in [0.29, 0.717) is 5.82 Å². The van der Waals surface area contributed by atoms with Crippen LogP contribution in [0.15, 0.2) is 18.2 Å². The van der Waals surface area contributed by atoms with E-state index < -0.39 is 12.1 Å². The summed E-state index contributed by atoms with van der Waals surface area (Å²) in [6.45, 7) is 1.61. The van der Waals surface area contributed by atoms with E-state index in [1.807, 2.05) is 0 Å². The van der Waals surface area contributed by atoms with Crippen LogP contribution in [0.25, 0.3) is 5.69 Å². The first-order valence-corrected chi connectivity index (χ1v) is 4.77. The molecule has 1 heterocycles. The van der Waals surface area contributed by atoms with E-state index in [4.69, 9.17) is 5.73 Å². The Morgan fingerprint density at radius 2 is 2.06 bits per heavy atom. The van der Waals surface area contributed by atoms with Gasteiger partial charge in [-0.2, -0.15) is 0 Å². The predicted octanol–water partition coefficient (Wildman–Crippen LogP) is 1.45. The molecule has 0 aliphatic rings. The Labute approximate surface area is 99.2 Å². The molecule has 18 heavy (non-hydrogen) atoms. The number of aromatic nitrogens is 4. The molecule has 6 nitrogen and oxygen atoms in total. The number of rotatable bonds is 2. The molecular weight excluding hydrogens is 251 g/mol. The highest BCUT2D eigenvalue weighted by atomic mass is 19.4. The third-order valence-electron chi connectivity index (χ3n) is 1.97. The highest BCUT2D eigenvalue weighted by Gasteiger charge is 2.32. The van der Waals surface area contributed by atoms with Crippen LogP contribution in [0.1, 0.15) is 5.82 Å². The van der Waals surface area contributed by atoms with Gasteiger partial charge >= 0.3 is 6.36 Å². The van der Waals surface area contributed by atoms with Crippen molar-refractivity contribution in [3.63, 3.8) is 0 Å². The molecule has 0 atom stereocenters. The Balaban J connectivity index is 2.37. The van der Waals surface area contributed by atoms with Gasteiger partial charge in [0.2, 0.25) is 0 Å². The fourth-order valence-corrected chi connectivity index (χ4v) is 1.25. The zero-order chi connectivity index (χ0) is 13.3. The number of benzene rings is 1. The monoisotopic (exact) mass is 259 g/mol. The van der Waals surface area contributed by atoms with Gasteiger partial charge in [0.05, 0.1) is 11.4 Å². The average Bonchev–Trinajstić information content (AvgIpc) is 2.66. The number of hydrogen-bond acceptors (Lipinski definition) is 5. The lowest BCUT2D eigenvalue weighted by atomic mass is 10.2. The second-order valence-electron chi connectivity index (χ2n) is 3.40. The van der Waals surface area contributed by atoms with Crippen molar-refractivity contribution in [2.24, 2.45) is 0 Å². The van der Waals surface area contributed by atoms with Crippen molar-refractivity contribution in [2.75, 3.05) is 5.73 Å². The minimum atomic E-state index is -4.81. The van der Waals surface area contributed by atoms with Gasteiger partial charge in [-0.05, 0) is 24.3 Å². The number of nitrogen functional groups attached to an aromatic ring is 1. The maximum atomic E-state index is 12.1. The quantitative estimate of drug-likeness (QED) is 0.826. The molecule has 0 aliphatic carbocycles. The molecule has 0 saturated heterocycles. The highest BCUT2D eigenvalue weighted by Crippen LogP contribution is 2.29. The molecule has 0 unspecified atom stereocenters. The lowest BCUT2D eigenvalue weighted by molar-refractivity contribution is -0.274. The first kappa shape index (κ1) is 12.1. The number of nitrogens with zero attached hydrogens (tertiary/aromatic N) is 4. The van der Waals surface area contributed by atoms with Gasteiger partial charge in [-0.3, -0.25) is 0 Å². The molecule has 0 bridgehead atoms. The van der Waals surface area contributed by atoms with Crippen LogP contribution < -0.4 is 10.5 Å². The molecule has 0 amide bonds. The fourth-order valence-electron chi connectivity index (χ4n) is 1.25. The van der Waals surface area contributed by atoms with E-state index in [0.717, 1.165) is 10.9 Å². The normalized spacial score (nSPS) is 11.6. The van der Waals surface area contributed by atoms with Crippen molar-refractivity contribution in [1.82, 2.24) is 20.2 Å². The molecule has 1 aromatic heterocycles. The lowest BCUT2D eigenvalue weighted by Gasteiger charge is -2.11. The van der Waals surface area contributed by atoms with Gasteiger partial charge in [0.1, 0.15) is 0 Å². The first-order chi connectivity index (χ1) is 8.35. The van der Waals surface area contributed by atoms with Gasteiger partial charge in [0, 0.05) is 6.07 Å². The summed E-state index contributed by atoms with van der Waals surface area (Å²) in [5.74, 6) is -0.111. The molecule has 0 saturated carbocycles. The number of aryl methyl sites for hydroxylation is 1. The van der Waals surface area contributed by atoms with E-state index in [2.05, 4.69) is 20.1 Å². The Bertz CT molecular complexity index is 566. The molecule has 2 aromatic rings. The third kappa shape index (κ3) is 2.67. The van der Waals surface area contributed by atoms with Gasteiger partial charge in [-0.15, -0.1) is 28.2 Å². The number of nitrogens with two attached hydrogens (primary N) is 1. The molecular formula is C9H8F3N5O. The molecule has 9 heteroatoms. The maximum absolute atomic E-state index is 12.1. The molecule has 2 N–H and O–H groups in total. The second kappa shape index (κ2) is 4.17. The summed E-state index contributed by atoms with van der Waals surface area (Å²) < 4.78 is 40.2. The van der Waals surface area contributed by atoms with Crippen LogP contribution in [0.5, 0.6) is 5.75 Å². The van der Waals surface area contributed by atoms with Gasteiger partial charge in [-0.1, -0.05) is 0 Å². The summed E-state index contributed by atoms with van der Waals surface area (Å²) >= 11 is 0. The second-order valence-corrected chi connectivity index (χ2v) is 3.40. The zero-order valence-electron chi connectivity index (χ0n) is 9.14. The van der Waals surface area contributed by atoms with Crippen molar-refractivity contribution < 1.29 is 17.9 Å². The van der Waals surface area contributed by atoms with Crippen LogP contribution in [-0.2, 0) is 0 Å². The Morgan fingerprint density at radius 3 is 2.61 bits per heavy atom. The van der Waals surface area contributed by atoms with Gasteiger partial charge < -0.3 is 10.5 Å². The van der Waals surface area contributed by atoms with Crippen molar-refractivity contribution in [1.29, 1.82) is 0 Å². The zero-order valence-corrected chi connectivity index (χ0v) is 9.14. The van der Waals surface area contributed by atoms with Crippen LogP contribution in [0.3, 0.4) is 0 Å². The van der Waals surface area contributed by atoms with Crippen molar-refractivity contribution >= 4 is 5.69 Å². The van der Waals surface area contributed by atoms with E-state index >= 15 is 0 Å². The summed E-state index contributed by atoms with van der Waals surface area (Å²) in [6, 6.07) is 3.82. The molecule has 0 spiro atoms. The van der Waals surface area contributed by atoms with E-state index in [1.165, 1.54) is 12.1 Å². The lowest BCUT2D eigenvalue weighted by Crippen LogP contribution is -2.18.